The van der Waals surface area contributed by atoms with Crippen molar-refractivity contribution in [1.29, 1.82) is 0 Å². The van der Waals surface area contributed by atoms with Crippen molar-refractivity contribution in [2.75, 3.05) is 11.1 Å². The number of nitrogens with two attached hydrogens (primary N) is 1. The quantitative estimate of drug-likeness (QED) is 0.812. The first kappa shape index (κ1) is 12.7. The number of benzene rings is 1. The molecule has 1 amide bonds. The van der Waals surface area contributed by atoms with E-state index in [4.69, 9.17) is 5.73 Å². The fourth-order valence-electron chi connectivity index (χ4n) is 4.68. The third kappa shape index (κ3) is 1.73. The molecule has 1 aromatic rings. The smallest absolute Gasteiger partial charge is 0.228 e. The van der Waals surface area contributed by atoms with E-state index in [1.165, 1.54) is 19.3 Å². The summed E-state index contributed by atoms with van der Waals surface area (Å²) < 4.78 is 0.909. The van der Waals surface area contributed by atoms with Crippen molar-refractivity contribution >= 4 is 33.2 Å². The summed E-state index contributed by atoms with van der Waals surface area (Å²) in [7, 11) is 0. The van der Waals surface area contributed by atoms with Crippen molar-refractivity contribution < 1.29 is 4.79 Å². The molecule has 4 rings (SSSR count). The minimum Gasteiger partial charge on any atom is -0.398 e. The van der Waals surface area contributed by atoms with Crippen LogP contribution in [-0.2, 0) is 4.79 Å². The largest absolute Gasteiger partial charge is 0.398 e. The Balaban J connectivity index is 1.51. The lowest BCUT2D eigenvalue weighted by molar-refractivity contribution is -0.118. The molecule has 106 valence electrons. The van der Waals surface area contributed by atoms with Crippen molar-refractivity contribution in [2.24, 2.45) is 29.6 Å². The number of amides is 1. The van der Waals surface area contributed by atoms with E-state index in [9.17, 15) is 4.79 Å². The van der Waals surface area contributed by atoms with Crippen LogP contribution in [0.2, 0.25) is 0 Å². The van der Waals surface area contributed by atoms with Crippen molar-refractivity contribution in [3.05, 3.63) is 22.2 Å². The van der Waals surface area contributed by atoms with E-state index < -0.39 is 0 Å². The predicted molar refractivity (Wildman–Crippen MR) is 83.2 cm³/mol. The second-order valence-electron chi connectivity index (χ2n) is 6.69. The zero-order chi connectivity index (χ0) is 14.0. The first-order valence-electron chi connectivity index (χ1n) is 7.42. The number of aryl methyl sites for hydroxylation is 1. The number of nitrogen functional groups attached to an aromatic ring is 1. The first-order chi connectivity index (χ1) is 9.56. The molecule has 4 atom stereocenters. The number of anilines is 2. The number of rotatable bonds is 2. The second-order valence-corrected chi connectivity index (χ2v) is 7.55. The molecule has 3 saturated carbocycles. The molecule has 4 heteroatoms. The zero-order valence-corrected chi connectivity index (χ0v) is 13.1. The molecular weight excluding hydrogens is 316 g/mol. The second kappa shape index (κ2) is 4.23. The average molecular weight is 335 g/mol. The lowest BCUT2D eigenvalue weighted by Gasteiger charge is -2.12. The summed E-state index contributed by atoms with van der Waals surface area (Å²) in [6, 6.07) is 3.81. The van der Waals surface area contributed by atoms with Gasteiger partial charge >= 0.3 is 0 Å². The Bertz CT molecular complexity index is 584. The number of carbonyl (C=O) groups is 1. The molecule has 4 unspecified atom stereocenters. The molecular formula is C16H19BrN2O. The van der Waals surface area contributed by atoms with E-state index in [0.29, 0.717) is 11.8 Å². The van der Waals surface area contributed by atoms with Crippen LogP contribution in [0, 0.1) is 36.5 Å². The summed E-state index contributed by atoms with van der Waals surface area (Å²) in [6.45, 7) is 1.97. The predicted octanol–water partition coefficient (Wildman–Crippen LogP) is 3.57. The fraction of sp³-hybridized carbons (Fsp3) is 0.562. The standard InChI is InChI=1S/C16H19BrN2O/c1-7-4-10(17)12(6-11(7)18)19-16(20)15-13-8-2-3-9(5-8)14(13)15/h4,6,8-9,13-15H,2-3,5,18H2,1H3,(H,19,20). The van der Waals surface area contributed by atoms with E-state index in [-0.39, 0.29) is 11.8 Å². The van der Waals surface area contributed by atoms with E-state index in [1.807, 2.05) is 19.1 Å². The minimum atomic E-state index is 0.195. The maximum Gasteiger partial charge on any atom is 0.228 e. The molecule has 1 aromatic carbocycles. The molecule has 3 aliphatic rings. The average Bonchev–Trinajstić information content (AvgIpc) is 2.85. The fourth-order valence-corrected chi connectivity index (χ4v) is 5.23. The van der Waals surface area contributed by atoms with Crippen LogP contribution in [0.4, 0.5) is 11.4 Å². The van der Waals surface area contributed by atoms with Gasteiger partial charge in [0.1, 0.15) is 0 Å². The van der Waals surface area contributed by atoms with Crippen LogP contribution in [0.15, 0.2) is 16.6 Å². The molecule has 20 heavy (non-hydrogen) atoms. The van der Waals surface area contributed by atoms with Gasteiger partial charge in [0.05, 0.1) is 5.69 Å². The topological polar surface area (TPSA) is 55.1 Å². The van der Waals surface area contributed by atoms with Gasteiger partial charge in [0.2, 0.25) is 5.91 Å². The van der Waals surface area contributed by atoms with Gasteiger partial charge in [-0.1, -0.05) is 0 Å². The summed E-state index contributed by atoms with van der Waals surface area (Å²) in [6.07, 6.45) is 4.06. The highest BCUT2D eigenvalue weighted by Crippen LogP contribution is 2.69. The molecule has 3 aliphatic carbocycles. The van der Waals surface area contributed by atoms with Crippen LogP contribution in [0.3, 0.4) is 0 Å². The number of carbonyl (C=O) groups excluding carboxylic acids is 1. The van der Waals surface area contributed by atoms with E-state index >= 15 is 0 Å². The molecule has 0 saturated heterocycles. The highest BCUT2D eigenvalue weighted by molar-refractivity contribution is 9.10. The third-order valence-corrected chi connectivity index (χ3v) is 6.31. The van der Waals surface area contributed by atoms with E-state index in [2.05, 4.69) is 21.2 Å². The van der Waals surface area contributed by atoms with Gasteiger partial charge in [-0.05, 0) is 83.5 Å². The SMILES string of the molecule is Cc1cc(Br)c(NC(=O)C2C3C4CCC(C4)C23)cc1N. The van der Waals surface area contributed by atoms with Crippen LogP contribution in [0.25, 0.3) is 0 Å². The number of halogens is 1. The Morgan fingerprint density at radius 2 is 1.95 bits per heavy atom. The van der Waals surface area contributed by atoms with Gasteiger partial charge in [-0.15, -0.1) is 0 Å². The Morgan fingerprint density at radius 1 is 1.30 bits per heavy atom. The van der Waals surface area contributed by atoms with Crippen LogP contribution in [0.1, 0.15) is 24.8 Å². The van der Waals surface area contributed by atoms with Gasteiger partial charge in [-0.25, -0.2) is 0 Å². The van der Waals surface area contributed by atoms with Gasteiger partial charge in [0.15, 0.2) is 0 Å². The Hall–Kier alpha value is -1.03. The molecule has 0 spiro atoms. The van der Waals surface area contributed by atoms with Crippen LogP contribution < -0.4 is 11.1 Å². The number of nitrogens with one attached hydrogen (secondary N) is 1. The van der Waals surface area contributed by atoms with Crippen molar-refractivity contribution in [2.45, 2.75) is 26.2 Å². The maximum absolute atomic E-state index is 12.5. The molecule has 2 bridgehead atoms. The summed E-state index contributed by atoms with van der Waals surface area (Å²) in [5, 5.41) is 3.07. The highest BCUT2D eigenvalue weighted by Gasteiger charge is 2.67. The lowest BCUT2D eigenvalue weighted by atomic mass is 10.0. The molecule has 3 N–H and O–H groups in total. The normalized spacial score (nSPS) is 36.8. The molecule has 0 aromatic heterocycles. The number of hydrogen-bond acceptors (Lipinski definition) is 2. The summed E-state index contributed by atoms with van der Waals surface area (Å²) in [5.41, 5.74) is 8.48. The van der Waals surface area contributed by atoms with Gasteiger partial charge in [-0.2, -0.15) is 0 Å². The van der Waals surface area contributed by atoms with Crippen molar-refractivity contribution in [3.8, 4) is 0 Å². The Labute approximate surface area is 127 Å². The number of hydrogen-bond donors (Lipinski definition) is 2. The summed E-state index contributed by atoms with van der Waals surface area (Å²) >= 11 is 3.51. The van der Waals surface area contributed by atoms with Gasteiger partial charge in [0.25, 0.3) is 0 Å². The zero-order valence-electron chi connectivity index (χ0n) is 11.5. The molecule has 3 fully saturated rings. The molecule has 3 nitrogen and oxygen atoms in total. The number of fused-ring (bicyclic) bond motifs is 5. The van der Waals surface area contributed by atoms with Crippen molar-refractivity contribution in [3.63, 3.8) is 0 Å². The maximum atomic E-state index is 12.5. The third-order valence-electron chi connectivity index (χ3n) is 5.65. The van der Waals surface area contributed by atoms with Gasteiger partial charge in [0, 0.05) is 16.1 Å². The summed E-state index contributed by atoms with van der Waals surface area (Å²) in [4.78, 5) is 12.5. The minimum absolute atomic E-state index is 0.195. The van der Waals surface area contributed by atoms with Gasteiger partial charge in [-0.3, -0.25) is 4.79 Å². The molecule has 0 aliphatic heterocycles. The Kier molecular flexibility index (Phi) is 2.69. The Morgan fingerprint density at radius 3 is 2.60 bits per heavy atom. The van der Waals surface area contributed by atoms with Gasteiger partial charge < -0.3 is 11.1 Å². The lowest BCUT2D eigenvalue weighted by Crippen LogP contribution is -2.19. The highest BCUT2D eigenvalue weighted by atomic mass is 79.9. The molecule has 0 radical (unpaired) electrons. The van der Waals surface area contributed by atoms with Crippen LogP contribution in [-0.4, -0.2) is 5.91 Å². The summed E-state index contributed by atoms with van der Waals surface area (Å²) in [5.74, 6) is 3.46. The van der Waals surface area contributed by atoms with E-state index in [0.717, 1.165) is 33.2 Å². The van der Waals surface area contributed by atoms with Crippen molar-refractivity contribution in [1.82, 2.24) is 0 Å². The van der Waals surface area contributed by atoms with E-state index in [1.54, 1.807) is 0 Å². The monoisotopic (exact) mass is 334 g/mol. The first-order valence-corrected chi connectivity index (χ1v) is 8.22. The van der Waals surface area contributed by atoms with Crippen LogP contribution in [0.5, 0.6) is 0 Å². The van der Waals surface area contributed by atoms with Crippen LogP contribution >= 0.6 is 15.9 Å². The molecule has 0 heterocycles.